The van der Waals surface area contributed by atoms with Gasteiger partial charge in [-0.15, -0.1) is 0 Å². The Balaban J connectivity index is 1.63. The van der Waals surface area contributed by atoms with Crippen LogP contribution < -0.4 is 15.0 Å². The summed E-state index contributed by atoms with van der Waals surface area (Å²) in [6.07, 6.45) is 2.38. The summed E-state index contributed by atoms with van der Waals surface area (Å²) in [6.45, 7) is 5.57. The lowest BCUT2D eigenvalue weighted by atomic mass is 10.1. The number of anilines is 1. The van der Waals surface area contributed by atoms with Crippen molar-refractivity contribution < 1.29 is 19.1 Å². The van der Waals surface area contributed by atoms with Crippen LogP contribution in [-0.4, -0.2) is 43.7 Å². The number of para-hydroxylation sites is 2. The zero-order valence-corrected chi connectivity index (χ0v) is 14.9. The molecule has 2 unspecified atom stereocenters. The highest BCUT2D eigenvalue weighted by atomic mass is 16.5. The van der Waals surface area contributed by atoms with Gasteiger partial charge in [-0.1, -0.05) is 12.1 Å². The van der Waals surface area contributed by atoms with Crippen LogP contribution in [0.5, 0.6) is 5.75 Å². The molecule has 6 nitrogen and oxygen atoms in total. The minimum atomic E-state index is -0.332. The van der Waals surface area contributed by atoms with Crippen LogP contribution in [0.3, 0.4) is 0 Å². The van der Waals surface area contributed by atoms with Gasteiger partial charge in [0.05, 0.1) is 23.8 Å². The number of ether oxygens (including phenoxy) is 2. The van der Waals surface area contributed by atoms with Crippen LogP contribution in [0.15, 0.2) is 24.3 Å². The molecule has 1 aromatic carbocycles. The predicted octanol–water partition coefficient (Wildman–Crippen LogP) is 2.12. The number of nitrogens with zero attached hydrogens (tertiary/aromatic N) is 1. The molecular formula is C19H26N2O4. The lowest BCUT2D eigenvalue weighted by Crippen LogP contribution is -2.37. The summed E-state index contributed by atoms with van der Waals surface area (Å²) < 4.78 is 11.3. The second-order valence-electron chi connectivity index (χ2n) is 6.92. The first-order valence-electron chi connectivity index (χ1n) is 9.00. The molecule has 0 aromatic heterocycles. The Bertz CT molecular complexity index is 626. The number of nitrogens with one attached hydrogen (secondary N) is 1. The third-order valence-electron chi connectivity index (χ3n) is 4.54. The molecule has 2 amide bonds. The van der Waals surface area contributed by atoms with E-state index in [0.717, 1.165) is 25.1 Å². The molecule has 0 radical (unpaired) electrons. The van der Waals surface area contributed by atoms with E-state index in [1.165, 1.54) is 0 Å². The SMILES string of the molecule is CC(C)Oc1ccccc1N1CC(C(=O)NCC2CCCO2)CC1=O. The molecule has 0 saturated carbocycles. The van der Waals surface area contributed by atoms with Gasteiger partial charge in [0.1, 0.15) is 5.75 Å². The molecule has 2 fully saturated rings. The van der Waals surface area contributed by atoms with Crippen LogP contribution in [0.1, 0.15) is 33.1 Å². The maximum absolute atomic E-state index is 12.5. The number of benzene rings is 1. The van der Waals surface area contributed by atoms with Crippen molar-refractivity contribution in [1.29, 1.82) is 0 Å². The Morgan fingerprint density at radius 2 is 2.20 bits per heavy atom. The largest absolute Gasteiger partial charge is 0.489 e. The Hall–Kier alpha value is -2.08. The normalized spacial score (nSPS) is 23.3. The summed E-state index contributed by atoms with van der Waals surface area (Å²) in [5.41, 5.74) is 0.732. The quantitative estimate of drug-likeness (QED) is 0.857. The standard InChI is InChI=1S/C19H26N2O4/c1-13(2)25-17-8-4-3-7-16(17)21-12-14(10-18(21)22)19(23)20-11-15-6-5-9-24-15/h3-4,7-8,13-15H,5-6,9-12H2,1-2H3,(H,20,23). The summed E-state index contributed by atoms with van der Waals surface area (Å²) in [5.74, 6) is 0.220. The highest BCUT2D eigenvalue weighted by Crippen LogP contribution is 2.33. The molecule has 2 saturated heterocycles. The van der Waals surface area contributed by atoms with Gasteiger partial charge in [-0.05, 0) is 38.8 Å². The summed E-state index contributed by atoms with van der Waals surface area (Å²) in [5, 5.41) is 2.93. The van der Waals surface area contributed by atoms with Crippen molar-refractivity contribution in [1.82, 2.24) is 5.32 Å². The van der Waals surface area contributed by atoms with Gasteiger partial charge in [0, 0.05) is 26.1 Å². The van der Waals surface area contributed by atoms with Gasteiger partial charge < -0.3 is 19.7 Å². The zero-order chi connectivity index (χ0) is 17.8. The minimum Gasteiger partial charge on any atom is -0.489 e. The molecule has 2 aliphatic heterocycles. The van der Waals surface area contributed by atoms with Crippen LogP contribution in [0.25, 0.3) is 0 Å². The minimum absolute atomic E-state index is 0.0179. The van der Waals surface area contributed by atoms with Gasteiger partial charge in [-0.3, -0.25) is 9.59 Å². The molecule has 1 N–H and O–H groups in total. The number of carbonyl (C=O) groups is 2. The second-order valence-corrected chi connectivity index (χ2v) is 6.92. The van der Waals surface area contributed by atoms with Crippen LogP contribution in [0, 0.1) is 5.92 Å². The Labute approximate surface area is 148 Å². The van der Waals surface area contributed by atoms with Crippen molar-refractivity contribution in [3.8, 4) is 5.75 Å². The molecule has 25 heavy (non-hydrogen) atoms. The maximum Gasteiger partial charge on any atom is 0.227 e. The van der Waals surface area contributed by atoms with E-state index in [1.54, 1.807) is 4.90 Å². The summed E-state index contributed by atoms with van der Waals surface area (Å²) >= 11 is 0. The van der Waals surface area contributed by atoms with Crippen LogP contribution in [0.2, 0.25) is 0 Å². The number of hydrogen-bond donors (Lipinski definition) is 1. The van der Waals surface area contributed by atoms with Crippen molar-refractivity contribution in [2.24, 2.45) is 5.92 Å². The van der Waals surface area contributed by atoms with E-state index in [4.69, 9.17) is 9.47 Å². The third-order valence-corrected chi connectivity index (χ3v) is 4.54. The first kappa shape index (κ1) is 17.7. The Morgan fingerprint density at radius 1 is 1.40 bits per heavy atom. The van der Waals surface area contributed by atoms with Gasteiger partial charge in [-0.2, -0.15) is 0 Å². The van der Waals surface area contributed by atoms with Crippen LogP contribution in [-0.2, 0) is 14.3 Å². The average Bonchev–Trinajstić information content (AvgIpc) is 3.22. The van der Waals surface area contributed by atoms with E-state index in [-0.39, 0.29) is 36.4 Å². The fourth-order valence-electron chi connectivity index (χ4n) is 3.31. The second kappa shape index (κ2) is 7.87. The van der Waals surface area contributed by atoms with E-state index in [1.807, 2.05) is 38.1 Å². The Morgan fingerprint density at radius 3 is 2.92 bits per heavy atom. The van der Waals surface area contributed by atoms with Crippen molar-refractivity contribution in [2.75, 3.05) is 24.6 Å². The molecule has 0 aliphatic carbocycles. The van der Waals surface area contributed by atoms with Crippen molar-refractivity contribution in [3.63, 3.8) is 0 Å². The lowest BCUT2D eigenvalue weighted by molar-refractivity contribution is -0.126. The fourth-order valence-corrected chi connectivity index (χ4v) is 3.31. The lowest BCUT2D eigenvalue weighted by Gasteiger charge is -2.21. The van der Waals surface area contributed by atoms with Crippen molar-refractivity contribution >= 4 is 17.5 Å². The van der Waals surface area contributed by atoms with Gasteiger partial charge in [0.2, 0.25) is 11.8 Å². The van der Waals surface area contributed by atoms with Crippen molar-refractivity contribution in [2.45, 2.75) is 45.3 Å². The van der Waals surface area contributed by atoms with Crippen LogP contribution >= 0.6 is 0 Å². The molecule has 136 valence electrons. The highest BCUT2D eigenvalue weighted by molar-refractivity contribution is 6.01. The molecule has 6 heteroatoms. The first-order chi connectivity index (χ1) is 12.0. The molecular weight excluding hydrogens is 320 g/mol. The van der Waals surface area contributed by atoms with E-state index in [9.17, 15) is 9.59 Å². The number of carbonyl (C=O) groups excluding carboxylic acids is 2. The van der Waals surface area contributed by atoms with Gasteiger partial charge in [0.15, 0.2) is 0 Å². The molecule has 0 bridgehead atoms. The summed E-state index contributed by atoms with van der Waals surface area (Å²) in [7, 11) is 0. The third kappa shape index (κ3) is 4.31. The molecule has 1 aromatic rings. The molecule has 2 heterocycles. The smallest absolute Gasteiger partial charge is 0.227 e. The average molecular weight is 346 g/mol. The highest BCUT2D eigenvalue weighted by Gasteiger charge is 2.36. The summed E-state index contributed by atoms with van der Waals surface area (Å²) in [4.78, 5) is 26.5. The van der Waals surface area contributed by atoms with Gasteiger partial charge in [0.25, 0.3) is 0 Å². The first-order valence-corrected chi connectivity index (χ1v) is 9.00. The summed E-state index contributed by atoms with van der Waals surface area (Å²) in [6, 6.07) is 7.48. The number of hydrogen-bond acceptors (Lipinski definition) is 4. The zero-order valence-electron chi connectivity index (χ0n) is 14.9. The topological polar surface area (TPSA) is 67.9 Å². The molecule has 0 spiro atoms. The fraction of sp³-hybridized carbons (Fsp3) is 0.579. The van der Waals surface area contributed by atoms with E-state index < -0.39 is 0 Å². The van der Waals surface area contributed by atoms with Gasteiger partial charge in [-0.25, -0.2) is 0 Å². The number of amides is 2. The van der Waals surface area contributed by atoms with E-state index in [2.05, 4.69) is 5.32 Å². The molecule has 3 rings (SSSR count). The molecule has 2 atom stereocenters. The van der Waals surface area contributed by atoms with Crippen molar-refractivity contribution in [3.05, 3.63) is 24.3 Å². The predicted molar refractivity (Wildman–Crippen MR) is 94.6 cm³/mol. The van der Waals surface area contributed by atoms with E-state index in [0.29, 0.717) is 18.8 Å². The monoisotopic (exact) mass is 346 g/mol. The molecule has 2 aliphatic rings. The number of rotatable bonds is 6. The van der Waals surface area contributed by atoms with Crippen LogP contribution in [0.4, 0.5) is 5.69 Å². The maximum atomic E-state index is 12.5. The van der Waals surface area contributed by atoms with E-state index >= 15 is 0 Å². The Kier molecular flexibility index (Phi) is 5.58. The van der Waals surface area contributed by atoms with Gasteiger partial charge >= 0.3 is 0 Å².